The van der Waals surface area contributed by atoms with Crippen LogP contribution in [0.15, 0.2) is 54.6 Å². The van der Waals surface area contributed by atoms with Gasteiger partial charge in [-0.2, -0.15) is 0 Å². The van der Waals surface area contributed by atoms with E-state index in [-0.39, 0.29) is 17.6 Å². The van der Waals surface area contributed by atoms with E-state index in [4.69, 9.17) is 23.2 Å². The van der Waals surface area contributed by atoms with E-state index in [0.29, 0.717) is 34.6 Å². The summed E-state index contributed by atoms with van der Waals surface area (Å²) in [6.07, 6.45) is 12.5. The fourth-order valence-corrected chi connectivity index (χ4v) is 4.74. The van der Waals surface area contributed by atoms with Gasteiger partial charge in [-0.25, -0.2) is 4.39 Å². The zero-order valence-electron chi connectivity index (χ0n) is 21.6. The molecule has 5 nitrogen and oxygen atoms in total. The third-order valence-corrected chi connectivity index (χ3v) is 7.44. The molecule has 8 heteroatoms. The van der Waals surface area contributed by atoms with Gasteiger partial charge in [-0.05, 0) is 93.6 Å². The fourth-order valence-electron chi connectivity index (χ4n) is 4.43. The van der Waals surface area contributed by atoms with Crippen molar-refractivity contribution in [2.45, 2.75) is 38.5 Å². The molecule has 0 aliphatic carbocycles. The second kappa shape index (κ2) is 16.3. The predicted octanol–water partition coefficient (Wildman–Crippen LogP) is 6.36. The average molecular weight is 561 g/mol. The van der Waals surface area contributed by atoms with Gasteiger partial charge in [-0.15, -0.1) is 0 Å². The van der Waals surface area contributed by atoms with Gasteiger partial charge in [0.05, 0.1) is 10.0 Å². The molecule has 2 aromatic rings. The van der Waals surface area contributed by atoms with Crippen molar-refractivity contribution in [1.82, 2.24) is 15.5 Å². The Morgan fingerprint density at radius 2 is 1.61 bits per heavy atom. The zero-order chi connectivity index (χ0) is 27.2. The first-order chi connectivity index (χ1) is 18.4. The maximum atomic E-state index is 13.6. The lowest BCUT2D eigenvalue weighted by molar-refractivity contribution is -0.117. The van der Waals surface area contributed by atoms with Crippen molar-refractivity contribution in [2.75, 3.05) is 32.7 Å². The van der Waals surface area contributed by atoms with Crippen LogP contribution in [-0.4, -0.2) is 49.4 Å². The summed E-state index contributed by atoms with van der Waals surface area (Å²) in [5.74, 6) is -0.0193. The van der Waals surface area contributed by atoms with E-state index in [1.807, 2.05) is 6.07 Å². The molecule has 0 unspecified atom stereocenters. The van der Waals surface area contributed by atoms with Gasteiger partial charge in [0.2, 0.25) is 11.8 Å². The van der Waals surface area contributed by atoms with Crippen LogP contribution in [0.25, 0.3) is 12.2 Å². The number of nitrogens with one attached hydrogen (secondary N) is 2. The lowest BCUT2D eigenvalue weighted by atomic mass is 9.93. The molecule has 0 spiro atoms. The number of carbonyl (C=O) groups is 2. The van der Waals surface area contributed by atoms with Gasteiger partial charge in [0.15, 0.2) is 0 Å². The number of piperidine rings is 1. The summed E-state index contributed by atoms with van der Waals surface area (Å²) in [5.41, 5.74) is 1.24. The fraction of sp³-hybridized carbons (Fsp3) is 0.400. The van der Waals surface area contributed by atoms with Crippen LogP contribution in [-0.2, 0) is 9.59 Å². The Bertz CT molecular complexity index is 1110. The molecule has 0 radical (unpaired) electrons. The number of benzene rings is 2. The molecule has 1 aliphatic heterocycles. The smallest absolute Gasteiger partial charge is 0.244 e. The van der Waals surface area contributed by atoms with Gasteiger partial charge in [0.25, 0.3) is 0 Å². The number of unbranched alkanes of at least 4 members (excludes halogenated alkanes) is 2. The van der Waals surface area contributed by atoms with E-state index in [9.17, 15) is 14.0 Å². The second-order valence-electron chi connectivity index (χ2n) is 9.58. The topological polar surface area (TPSA) is 61.4 Å². The Balaban J connectivity index is 1.19. The quantitative estimate of drug-likeness (QED) is 0.221. The maximum Gasteiger partial charge on any atom is 0.244 e. The normalized spacial score (nSPS) is 14.8. The monoisotopic (exact) mass is 559 g/mol. The molecule has 2 N–H and O–H groups in total. The highest BCUT2D eigenvalue weighted by molar-refractivity contribution is 6.42. The predicted molar refractivity (Wildman–Crippen MR) is 155 cm³/mol. The molecule has 2 amide bonds. The molecule has 0 atom stereocenters. The van der Waals surface area contributed by atoms with Crippen molar-refractivity contribution in [3.8, 4) is 0 Å². The summed E-state index contributed by atoms with van der Waals surface area (Å²) in [6, 6.07) is 11.6. The number of nitrogens with zero attached hydrogens (tertiary/aromatic N) is 1. The van der Waals surface area contributed by atoms with Crippen LogP contribution < -0.4 is 10.6 Å². The highest BCUT2D eigenvalue weighted by Gasteiger charge is 2.18. The molecule has 38 heavy (non-hydrogen) atoms. The number of hydrogen-bond acceptors (Lipinski definition) is 3. The van der Waals surface area contributed by atoms with Crippen molar-refractivity contribution in [1.29, 1.82) is 0 Å². The Kier molecular flexibility index (Phi) is 12.8. The Labute approximate surface area is 235 Å². The molecule has 1 saturated heterocycles. The molecule has 0 bridgehead atoms. The van der Waals surface area contributed by atoms with Crippen molar-refractivity contribution >= 4 is 47.2 Å². The average Bonchev–Trinajstić information content (AvgIpc) is 2.91. The van der Waals surface area contributed by atoms with Crippen molar-refractivity contribution in [3.63, 3.8) is 0 Å². The van der Waals surface area contributed by atoms with E-state index in [2.05, 4.69) is 15.5 Å². The first-order valence-corrected chi connectivity index (χ1v) is 14.0. The van der Waals surface area contributed by atoms with Crippen molar-refractivity contribution in [3.05, 3.63) is 81.6 Å². The standard InChI is InChI=1S/C30H36Cl2FN3O2/c31-26-11-8-24(22-27(26)32)9-12-29(37)34-17-4-1-5-19-36-20-15-23(16-21-36)14-18-35-30(38)13-10-25-6-2-3-7-28(25)33/h2-3,6-13,22-23H,1,4-5,14-21H2,(H,34,37)(H,35,38)/b12-9+,13-10+. The SMILES string of the molecule is O=C(/C=C/c1ccc(Cl)c(Cl)c1)NCCCCCN1CCC(CCNC(=O)/C=C/c2ccccc2F)CC1. The Hall–Kier alpha value is -2.67. The van der Waals surface area contributed by atoms with Crippen LogP contribution in [0, 0.1) is 11.7 Å². The molecule has 1 aliphatic rings. The molecule has 0 aromatic heterocycles. The van der Waals surface area contributed by atoms with Crippen LogP contribution in [0.2, 0.25) is 10.0 Å². The summed E-state index contributed by atoms with van der Waals surface area (Å²) in [5, 5.41) is 6.79. The number of likely N-dealkylation sites (tertiary alicyclic amines) is 1. The lowest BCUT2D eigenvalue weighted by Gasteiger charge is -2.32. The van der Waals surface area contributed by atoms with E-state index >= 15 is 0 Å². The first-order valence-electron chi connectivity index (χ1n) is 13.2. The van der Waals surface area contributed by atoms with Crippen LogP contribution in [0.3, 0.4) is 0 Å². The highest BCUT2D eigenvalue weighted by atomic mass is 35.5. The molecular weight excluding hydrogens is 524 g/mol. The van der Waals surface area contributed by atoms with Gasteiger partial charge < -0.3 is 15.5 Å². The summed E-state index contributed by atoms with van der Waals surface area (Å²) < 4.78 is 13.6. The van der Waals surface area contributed by atoms with Gasteiger partial charge in [-0.3, -0.25) is 9.59 Å². The van der Waals surface area contributed by atoms with Gasteiger partial charge in [0, 0.05) is 30.8 Å². The minimum absolute atomic E-state index is 0.115. The number of hydrogen-bond donors (Lipinski definition) is 2. The van der Waals surface area contributed by atoms with Crippen LogP contribution in [0.4, 0.5) is 4.39 Å². The van der Waals surface area contributed by atoms with Crippen LogP contribution in [0.1, 0.15) is 49.7 Å². The van der Waals surface area contributed by atoms with Gasteiger partial charge in [-0.1, -0.05) is 53.9 Å². The van der Waals surface area contributed by atoms with E-state index in [0.717, 1.165) is 63.7 Å². The summed E-state index contributed by atoms with van der Waals surface area (Å²) in [4.78, 5) is 26.5. The van der Waals surface area contributed by atoms with Gasteiger partial charge >= 0.3 is 0 Å². The third-order valence-electron chi connectivity index (χ3n) is 6.70. The minimum atomic E-state index is -0.333. The van der Waals surface area contributed by atoms with Gasteiger partial charge in [0.1, 0.15) is 5.82 Å². The van der Waals surface area contributed by atoms with Crippen LogP contribution >= 0.6 is 23.2 Å². The summed E-state index contributed by atoms with van der Waals surface area (Å²) in [6.45, 7) is 4.55. The first kappa shape index (κ1) is 29.9. The largest absolute Gasteiger partial charge is 0.353 e. The molecule has 1 heterocycles. The number of amides is 2. The molecule has 0 saturated carbocycles. The lowest BCUT2D eigenvalue weighted by Crippen LogP contribution is -2.35. The molecule has 3 rings (SSSR count). The number of halogens is 3. The third kappa shape index (κ3) is 11.0. The zero-order valence-corrected chi connectivity index (χ0v) is 23.1. The van der Waals surface area contributed by atoms with Crippen molar-refractivity contribution in [2.24, 2.45) is 5.92 Å². The molecule has 2 aromatic carbocycles. The highest BCUT2D eigenvalue weighted by Crippen LogP contribution is 2.23. The van der Waals surface area contributed by atoms with Crippen molar-refractivity contribution < 1.29 is 14.0 Å². The summed E-state index contributed by atoms with van der Waals surface area (Å²) in [7, 11) is 0. The Morgan fingerprint density at radius 3 is 2.34 bits per heavy atom. The van der Waals surface area contributed by atoms with E-state index < -0.39 is 0 Å². The number of rotatable bonds is 13. The maximum absolute atomic E-state index is 13.6. The second-order valence-corrected chi connectivity index (χ2v) is 10.4. The Morgan fingerprint density at radius 1 is 0.895 bits per heavy atom. The van der Waals surface area contributed by atoms with Crippen LogP contribution in [0.5, 0.6) is 0 Å². The summed E-state index contributed by atoms with van der Waals surface area (Å²) >= 11 is 11.9. The minimum Gasteiger partial charge on any atom is -0.353 e. The van der Waals surface area contributed by atoms with E-state index in [1.165, 1.54) is 24.3 Å². The molecule has 1 fully saturated rings. The van der Waals surface area contributed by atoms with E-state index in [1.54, 1.807) is 36.4 Å². The number of carbonyl (C=O) groups excluding carboxylic acids is 2. The molecular formula is C30H36Cl2FN3O2. The molecule has 204 valence electrons.